The highest BCUT2D eigenvalue weighted by Gasteiger charge is 2.13. The van der Waals surface area contributed by atoms with Gasteiger partial charge in [-0.1, -0.05) is 15.9 Å². The van der Waals surface area contributed by atoms with Crippen LogP contribution in [0.4, 0.5) is 5.69 Å². The molecule has 0 saturated carbocycles. The van der Waals surface area contributed by atoms with E-state index in [1.54, 1.807) is 0 Å². The van der Waals surface area contributed by atoms with Gasteiger partial charge in [-0.2, -0.15) is 0 Å². The van der Waals surface area contributed by atoms with Crippen LogP contribution in [0.2, 0.25) is 0 Å². The van der Waals surface area contributed by atoms with Gasteiger partial charge in [0.1, 0.15) is 0 Å². The van der Waals surface area contributed by atoms with Crippen LogP contribution in [0.25, 0.3) is 0 Å². The number of benzene rings is 2. The maximum atomic E-state index is 12.2. The van der Waals surface area contributed by atoms with Gasteiger partial charge in [0, 0.05) is 19.0 Å². The number of carboxylic acid groups (broad SMARTS) is 1. The van der Waals surface area contributed by atoms with Crippen molar-refractivity contribution in [2.75, 3.05) is 5.32 Å². The summed E-state index contributed by atoms with van der Waals surface area (Å²) in [5.41, 5.74) is 1.12. The molecule has 4 nitrogen and oxygen atoms in total. The number of nitrogens with one attached hydrogen (secondary N) is 1. The van der Waals surface area contributed by atoms with Crippen LogP contribution in [0.3, 0.4) is 0 Å². The van der Waals surface area contributed by atoms with Gasteiger partial charge < -0.3 is 10.4 Å². The first-order chi connectivity index (χ1) is 9.88. The third-order valence-electron chi connectivity index (χ3n) is 2.64. The van der Waals surface area contributed by atoms with Crippen LogP contribution < -0.4 is 5.32 Å². The monoisotopic (exact) mass is 475 g/mol. The van der Waals surface area contributed by atoms with E-state index in [1.807, 2.05) is 12.1 Å². The lowest BCUT2D eigenvalue weighted by Gasteiger charge is -2.10. The quantitative estimate of drug-likeness (QED) is 0.659. The summed E-state index contributed by atoms with van der Waals surface area (Å²) < 4.78 is 2.31. The Labute approximate surface area is 145 Å². The SMILES string of the molecule is O=C(O)c1ccc(C(=O)Nc2c(Br)cc(Br)cc2Br)cc1. The van der Waals surface area contributed by atoms with E-state index in [1.165, 1.54) is 24.3 Å². The molecule has 0 unspecified atom stereocenters. The van der Waals surface area contributed by atoms with E-state index < -0.39 is 5.97 Å². The molecule has 2 rings (SSSR count). The molecule has 2 aromatic carbocycles. The van der Waals surface area contributed by atoms with Crippen LogP contribution in [0, 0.1) is 0 Å². The molecule has 0 bridgehead atoms. The Balaban J connectivity index is 2.24. The highest BCUT2D eigenvalue weighted by atomic mass is 79.9. The smallest absolute Gasteiger partial charge is 0.335 e. The fourth-order valence-electron chi connectivity index (χ4n) is 1.61. The molecule has 1 amide bonds. The summed E-state index contributed by atoms with van der Waals surface area (Å²) in [6, 6.07) is 9.35. The normalized spacial score (nSPS) is 10.2. The van der Waals surface area contributed by atoms with E-state index in [4.69, 9.17) is 5.11 Å². The fourth-order valence-corrected chi connectivity index (χ4v) is 4.07. The van der Waals surface area contributed by atoms with Crippen molar-refractivity contribution < 1.29 is 14.7 Å². The van der Waals surface area contributed by atoms with Crippen molar-refractivity contribution in [3.8, 4) is 0 Å². The molecular formula is C14H8Br3NO3. The number of hydrogen-bond acceptors (Lipinski definition) is 2. The van der Waals surface area contributed by atoms with Crippen LogP contribution in [0.15, 0.2) is 49.8 Å². The van der Waals surface area contributed by atoms with Crippen LogP contribution in [-0.2, 0) is 0 Å². The molecule has 0 spiro atoms. The lowest BCUT2D eigenvalue weighted by atomic mass is 10.1. The van der Waals surface area contributed by atoms with E-state index >= 15 is 0 Å². The minimum Gasteiger partial charge on any atom is -0.478 e. The summed E-state index contributed by atoms with van der Waals surface area (Å²) in [6.45, 7) is 0. The Morgan fingerprint density at radius 3 is 1.86 bits per heavy atom. The summed E-state index contributed by atoms with van der Waals surface area (Å²) in [5, 5.41) is 11.6. The lowest BCUT2D eigenvalue weighted by Crippen LogP contribution is -2.13. The van der Waals surface area contributed by atoms with Gasteiger partial charge in [0.05, 0.1) is 11.3 Å². The van der Waals surface area contributed by atoms with Gasteiger partial charge in [-0.3, -0.25) is 4.79 Å². The number of aromatic carboxylic acids is 1. The van der Waals surface area contributed by atoms with Crippen LogP contribution >= 0.6 is 47.8 Å². The maximum absolute atomic E-state index is 12.2. The van der Waals surface area contributed by atoms with Gasteiger partial charge >= 0.3 is 5.97 Å². The fraction of sp³-hybridized carbons (Fsp3) is 0. The first-order valence-corrected chi connectivity index (χ1v) is 8.05. The number of anilines is 1. The Kier molecular flexibility index (Phi) is 5.18. The zero-order chi connectivity index (χ0) is 15.6. The van der Waals surface area contributed by atoms with Gasteiger partial charge in [-0.05, 0) is 68.3 Å². The van der Waals surface area contributed by atoms with Crippen LogP contribution in [0.5, 0.6) is 0 Å². The predicted octanol–water partition coefficient (Wildman–Crippen LogP) is 4.92. The first kappa shape index (κ1) is 16.2. The molecule has 0 aliphatic heterocycles. The summed E-state index contributed by atoms with van der Waals surface area (Å²) >= 11 is 10.1. The average molecular weight is 478 g/mol. The number of amides is 1. The molecule has 2 aromatic rings. The number of carboxylic acids is 1. The molecule has 0 aliphatic carbocycles. The van der Waals surface area contributed by atoms with Crippen molar-refractivity contribution in [1.82, 2.24) is 0 Å². The van der Waals surface area contributed by atoms with Crippen molar-refractivity contribution >= 4 is 65.4 Å². The van der Waals surface area contributed by atoms with E-state index in [0.29, 0.717) is 11.3 Å². The largest absolute Gasteiger partial charge is 0.478 e. The zero-order valence-corrected chi connectivity index (χ0v) is 15.1. The van der Waals surface area contributed by atoms with Crippen molar-refractivity contribution in [1.29, 1.82) is 0 Å². The van der Waals surface area contributed by atoms with E-state index in [-0.39, 0.29) is 11.5 Å². The van der Waals surface area contributed by atoms with Gasteiger partial charge in [0.15, 0.2) is 0 Å². The number of hydrogen-bond donors (Lipinski definition) is 2. The van der Waals surface area contributed by atoms with Gasteiger partial charge in [-0.25, -0.2) is 4.79 Å². The first-order valence-electron chi connectivity index (χ1n) is 5.67. The van der Waals surface area contributed by atoms with Crippen molar-refractivity contribution in [2.45, 2.75) is 0 Å². The number of rotatable bonds is 3. The lowest BCUT2D eigenvalue weighted by molar-refractivity contribution is 0.0696. The van der Waals surface area contributed by atoms with Gasteiger partial charge in [0.25, 0.3) is 5.91 Å². The van der Waals surface area contributed by atoms with E-state index in [9.17, 15) is 9.59 Å². The van der Waals surface area contributed by atoms with E-state index in [0.717, 1.165) is 13.4 Å². The van der Waals surface area contributed by atoms with Gasteiger partial charge in [-0.15, -0.1) is 0 Å². The third-order valence-corrected chi connectivity index (χ3v) is 4.35. The summed E-state index contributed by atoms with van der Waals surface area (Å²) in [7, 11) is 0. The minimum absolute atomic E-state index is 0.137. The molecule has 7 heteroatoms. The Hall–Kier alpha value is -1.18. The maximum Gasteiger partial charge on any atom is 0.335 e. The molecule has 0 atom stereocenters. The van der Waals surface area contributed by atoms with Crippen molar-refractivity contribution in [3.63, 3.8) is 0 Å². The van der Waals surface area contributed by atoms with Crippen molar-refractivity contribution in [3.05, 3.63) is 60.9 Å². The van der Waals surface area contributed by atoms with Crippen molar-refractivity contribution in [2.24, 2.45) is 0 Å². The zero-order valence-electron chi connectivity index (χ0n) is 10.4. The average Bonchev–Trinajstić information content (AvgIpc) is 2.42. The summed E-state index contributed by atoms with van der Waals surface area (Å²) in [5.74, 6) is -1.35. The standard InChI is InChI=1S/C14H8Br3NO3/c15-9-5-10(16)12(11(17)6-9)18-13(19)7-1-3-8(4-2-7)14(20)21/h1-6H,(H,18,19)(H,20,21). The molecule has 21 heavy (non-hydrogen) atoms. The predicted molar refractivity (Wildman–Crippen MR) is 90.9 cm³/mol. The molecule has 0 heterocycles. The molecule has 108 valence electrons. The Morgan fingerprint density at radius 1 is 0.905 bits per heavy atom. The van der Waals surface area contributed by atoms with E-state index in [2.05, 4.69) is 53.1 Å². The second-order valence-corrected chi connectivity index (χ2v) is 6.71. The highest BCUT2D eigenvalue weighted by Crippen LogP contribution is 2.34. The highest BCUT2D eigenvalue weighted by molar-refractivity contribution is 9.11. The minimum atomic E-state index is -1.03. The number of carbonyl (C=O) groups excluding carboxylic acids is 1. The summed E-state index contributed by atoms with van der Waals surface area (Å²) in [6.07, 6.45) is 0. The molecule has 0 radical (unpaired) electrons. The molecule has 2 N–H and O–H groups in total. The van der Waals surface area contributed by atoms with Gasteiger partial charge in [0.2, 0.25) is 0 Å². The van der Waals surface area contributed by atoms with Crippen LogP contribution in [0.1, 0.15) is 20.7 Å². The summed E-state index contributed by atoms with van der Waals surface area (Å²) in [4.78, 5) is 22.9. The molecule has 0 aliphatic rings. The third kappa shape index (κ3) is 3.93. The second kappa shape index (κ2) is 6.72. The second-order valence-electron chi connectivity index (χ2n) is 4.08. The number of halogens is 3. The van der Waals surface area contributed by atoms with Crippen LogP contribution in [-0.4, -0.2) is 17.0 Å². The number of carbonyl (C=O) groups is 2. The molecule has 0 aromatic heterocycles. The Bertz CT molecular complexity index is 691. The topological polar surface area (TPSA) is 66.4 Å². The molecule has 0 saturated heterocycles. The Morgan fingerprint density at radius 2 is 1.38 bits per heavy atom. The molecule has 0 fully saturated rings. The molecular weight excluding hydrogens is 470 g/mol.